The Labute approximate surface area is 69.0 Å². The van der Waals surface area contributed by atoms with E-state index >= 15 is 0 Å². The molecule has 0 rings (SSSR count). The molecule has 0 fully saturated rings. The van der Waals surface area contributed by atoms with Gasteiger partial charge in [-0.05, 0) is 27.7 Å². The molecule has 0 aromatic carbocycles. The van der Waals surface area contributed by atoms with Crippen molar-refractivity contribution < 1.29 is 5.11 Å². The second kappa shape index (κ2) is 3.75. The second-order valence-corrected chi connectivity index (χ2v) is 3.43. The van der Waals surface area contributed by atoms with Gasteiger partial charge in [0.05, 0.1) is 12.1 Å². The smallest absolute Gasteiger partial charge is 0.0688 e. The molecule has 11 heavy (non-hydrogen) atoms. The van der Waals surface area contributed by atoms with E-state index in [0.717, 1.165) is 0 Å². The maximum absolute atomic E-state index is 9.29. The lowest BCUT2D eigenvalue weighted by molar-refractivity contribution is 0.0939. The number of rotatable bonds is 3. The normalized spacial score (nSPS) is 17.1. The predicted octanol–water partition coefficient (Wildman–Crippen LogP) is 0.757. The lowest BCUT2D eigenvalue weighted by Crippen LogP contribution is -2.51. The quantitative estimate of drug-likeness (QED) is 0.590. The van der Waals surface area contributed by atoms with Gasteiger partial charge in [0.25, 0.3) is 0 Å². The van der Waals surface area contributed by atoms with E-state index in [1.807, 2.05) is 20.8 Å². The minimum absolute atomic E-state index is 0.000370. The summed E-state index contributed by atoms with van der Waals surface area (Å²) < 4.78 is 0. The van der Waals surface area contributed by atoms with Gasteiger partial charge in [-0.25, -0.2) is 0 Å². The molecule has 0 aliphatic heterocycles. The van der Waals surface area contributed by atoms with E-state index in [-0.39, 0.29) is 11.6 Å². The SMILES string of the molecule is C#CC(C)NC(C)(C)C(C)O. The van der Waals surface area contributed by atoms with Crippen molar-refractivity contribution in [3.05, 3.63) is 0 Å². The maximum atomic E-state index is 9.29. The Morgan fingerprint density at radius 3 is 2.18 bits per heavy atom. The van der Waals surface area contributed by atoms with Gasteiger partial charge in [0.15, 0.2) is 0 Å². The molecule has 2 nitrogen and oxygen atoms in total. The van der Waals surface area contributed by atoms with Gasteiger partial charge in [-0.3, -0.25) is 5.32 Å². The van der Waals surface area contributed by atoms with Crippen molar-refractivity contribution in [1.82, 2.24) is 5.32 Å². The van der Waals surface area contributed by atoms with Gasteiger partial charge >= 0.3 is 0 Å². The first kappa shape index (κ1) is 10.5. The molecule has 0 radical (unpaired) electrons. The van der Waals surface area contributed by atoms with Crippen LogP contribution in [0.2, 0.25) is 0 Å². The Bertz CT molecular complexity index is 155. The highest BCUT2D eigenvalue weighted by Crippen LogP contribution is 2.08. The molecule has 0 heterocycles. The molecule has 0 aromatic heterocycles. The van der Waals surface area contributed by atoms with Crippen LogP contribution in [0.1, 0.15) is 27.7 Å². The topological polar surface area (TPSA) is 32.3 Å². The third-order valence-corrected chi connectivity index (χ3v) is 1.88. The molecule has 0 bridgehead atoms. The first-order valence-electron chi connectivity index (χ1n) is 3.82. The van der Waals surface area contributed by atoms with E-state index in [2.05, 4.69) is 11.2 Å². The van der Waals surface area contributed by atoms with E-state index in [1.165, 1.54) is 0 Å². The van der Waals surface area contributed by atoms with Crippen LogP contribution in [0.25, 0.3) is 0 Å². The lowest BCUT2D eigenvalue weighted by atomic mass is 9.98. The van der Waals surface area contributed by atoms with E-state index in [4.69, 9.17) is 6.42 Å². The summed E-state index contributed by atoms with van der Waals surface area (Å²) >= 11 is 0. The average Bonchev–Trinajstić information content (AvgIpc) is 1.86. The molecule has 2 unspecified atom stereocenters. The number of hydrogen-bond acceptors (Lipinski definition) is 2. The van der Waals surface area contributed by atoms with Gasteiger partial charge in [-0.15, -0.1) is 6.42 Å². The number of aliphatic hydroxyl groups excluding tert-OH is 1. The standard InChI is InChI=1S/C9H17NO/c1-6-7(2)10-9(4,5)8(3)11/h1,7-8,10-11H,2-5H3. The number of terminal acetylenes is 1. The van der Waals surface area contributed by atoms with Crippen LogP contribution in [0.15, 0.2) is 0 Å². The second-order valence-electron chi connectivity index (χ2n) is 3.43. The van der Waals surface area contributed by atoms with Crippen LogP contribution in [0.5, 0.6) is 0 Å². The van der Waals surface area contributed by atoms with Crippen molar-refractivity contribution in [3.63, 3.8) is 0 Å². The van der Waals surface area contributed by atoms with Crippen molar-refractivity contribution in [3.8, 4) is 12.3 Å². The monoisotopic (exact) mass is 155 g/mol. The molecule has 0 saturated heterocycles. The minimum atomic E-state index is -0.404. The molecule has 2 N–H and O–H groups in total. The highest BCUT2D eigenvalue weighted by atomic mass is 16.3. The summed E-state index contributed by atoms with van der Waals surface area (Å²) in [5, 5.41) is 12.4. The third kappa shape index (κ3) is 3.41. The molecule has 0 amide bonds. The highest BCUT2D eigenvalue weighted by molar-refractivity contribution is 5.00. The third-order valence-electron chi connectivity index (χ3n) is 1.88. The summed E-state index contributed by atoms with van der Waals surface area (Å²) in [7, 11) is 0. The summed E-state index contributed by atoms with van der Waals surface area (Å²) in [5.41, 5.74) is -0.314. The van der Waals surface area contributed by atoms with Crippen LogP contribution in [-0.4, -0.2) is 22.8 Å². The van der Waals surface area contributed by atoms with Crippen LogP contribution in [0.4, 0.5) is 0 Å². The Kier molecular flexibility index (Phi) is 3.57. The van der Waals surface area contributed by atoms with Gasteiger partial charge < -0.3 is 5.11 Å². The van der Waals surface area contributed by atoms with Crippen molar-refractivity contribution in [1.29, 1.82) is 0 Å². The summed E-state index contributed by atoms with van der Waals surface area (Å²) in [6.07, 6.45) is 4.78. The average molecular weight is 155 g/mol. The predicted molar refractivity (Wildman–Crippen MR) is 47.2 cm³/mol. The summed E-state index contributed by atoms with van der Waals surface area (Å²) in [5.74, 6) is 2.55. The van der Waals surface area contributed by atoms with Crippen LogP contribution in [0.3, 0.4) is 0 Å². The van der Waals surface area contributed by atoms with Crippen LogP contribution >= 0.6 is 0 Å². The molecular formula is C9H17NO. The largest absolute Gasteiger partial charge is 0.392 e. The Hall–Kier alpha value is -0.520. The first-order valence-corrected chi connectivity index (χ1v) is 3.82. The lowest BCUT2D eigenvalue weighted by Gasteiger charge is -2.31. The molecule has 0 spiro atoms. The zero-order chi connectivity index (χ0) is 9.07. The molecule has 2 heteroatoms. The Morgan fingerprint density at radius 2 is 1.91 bits per heavy atom. The van der Waals surface area contributed by atoms with Gasteiger partial charge in [0.1, 0.15) is 0 Å². The van der Waals surface area contributed by atoms with Crippen molar-refractivity contribution >= 4 is 0 Å². The van der Waals surface area contributed by atoms with Gasteiger partial charge in [-0.2, -0.15) is 0 Å². The zero-order valence-electron chi connectivity index (χ0n) is 7.68. The Balaban J connectivity index is 4.04. The van der Waals surface area contributed by atoms with Crippen LogP contribution in [0, 0.1) is 12.3 Å². The fourth-order valence-electron chi connectivity index (χ4n) is 0.720. The molecule has 2 atom stereocenters. The first-order chi connectivity index (χ1) is 4.90. The summed E-state index contributed by atoms with van der Waals surface area (Å²) in [6.45, 7) is 7.48. The summed E-state index contributed by atoms with van der Waals surface area (Å²) in [4.78, 5) is 0. The molecule has 0 aliphatic carbocycles. The molecule has 0 saturated carbocycles. The van der Waals surface area contributed by atoms with Crippen molar-refractivity contribution in [2.45, 2.75) is 45.4 Å². The Morgan fingerprint density at radius 1 is 1.45 bits per heavy atom. The number of hydrogen-bond donors (Lipinski definition) is 2. The fraction of sp³-hybridized carbons (Fsp3) is 0.778. The summed E-state index contributed by atoms with van der Waals surface area (Å²) in [6, 6.07) is -0.000370. The van der Waals surface area contributed by atoms with Crippen LogP contribution in [-0.2, 0) is 0 Å². The maximum Gasteiger partial charge on any atom is 0.0688 e. The van der Waals surface area contributed by atoms with Crippen molar-refractivity contribution in [2.24, 2.45) is 0 Å². The van der Waals surface area contributed by atoms with E-state index in [9.17, 15) is 5.11 Å². The van der Waals surface area contributed by atoms with Gasteiger partial charge in [0.2, 0.25) is 0 Å². The highest BCUT2D eigenvalue weighted by Gasteiger charge is 2.24. The van der Waals surface area contributed by atoms with Gasteiger partial charge in [0, 0.05) is 5.54 Å². The van der Waals surface area contributed by atoms with E-state index < -0.39 is 6.10 Å². The zero-order valence-corrected chi connectivity index (χ0v) is 7.68. The number of aliphatic hydroxyl groups is 1. The number of nitrogens with one attached hydrogen (secondary N) is 1. The molecule has 0 aromatic rings. The van der Waals surface area contributed by atoms with Crippen LogP contribution < -0.4 is 5.32 Å². The minimum Gasteiger partial charge on any atom is -0.392 e. The van der Waals surface area contributed by atoms with Crippen molar-refractivity contribution in [2.75, 3.05) is 0 Å². The van der Waals surface area contributed by atoms with Gasteiger partial charge in [-0.1, -0.05) is 5.92 Å². The molecular weight excluding hydrogens is 138 g/mol. The van der Waals surface area contributed by atoms with E-state index in [1.54, 1.807) is 6.92 Å². The molecule has 64 valence electrons. The van der Waals surface area contributed by atoms with E-state index in [0.29, 0.717) is 0 Å². The fourth-order valence-corrected chi connectivity index (χ4v) is 0.720. The molecule has 0 aliphatic rings.